The third-order valence-electron chi connectivity index (χ3n) is 2.86. The minimum Gasteiger partial charge on any atom is -0.319 e. The molecule has 0 atom stereocenters. The highest BCUT2D eigenvalue weighted by molar-refractivity contribution is 9.10. The average Bonchev–Trinajstić information content (AvgIpc) is 2.93. The molecule has 2 aromatic carbocycles. The summed E-state index contributed by atoms with van der Waals surface area (Å²) in [6.07, 6.45) is 0. The molecule has 0 saturated carbocycles. The van der Waals surface area contributed by atoms with Crippen molar-refractivity contribution in [3.8, 4) is 0 Å². The van der Waals surface area contributed by atoms with Crippen molar-refractivity contribution < 1.29 is 4.79 Å². The van der Waals surface area contributed by atoms with Crippen LogP contribution in [-0.4, -0.2) is 10.9 Å². The summed E-state index contributed by atoms with van der Waals surface area (Å²) < 4.78 is 1.62. The molecule has 0 unspecified atom stereocenters. The first-order valence-electron chi connectivity index (χ1n) is 5.84. The van der Waals surface area contributed by atoms with E-state index in [1.54, 1.807) is 29.8 Å². The molecule has 0 spiro atoms. The van der Waals surface area contributed by atoms with Gasteiger partial charge in [0.1, 0.15) is 5.52 Å². The molecule has 106 valence electrons. The molecule has 0 fully saturated rings. The number of carbonyl (C=O) groups is 1. The summed E-state index contributed by atoms with van der Waals surface area (Å²) in [5, 5.41) is 3.74. The fourth-order valence-electron chi connectivity index (χ4n) is 1.88. The van der Waals surface area contributed by atoms with Crippen LogP contribution in [0.25, 0.3) is 10.2 Å². The van der Waals surface area contributed by atoms with Crippen molar-refractivity contribution in [1.82, 2.24) is 4.98 Å². The van der Waals surface area contributed by atoms with Crippen LogP contribution < -0.4 is 5.32 Å². The predicted molar refractivity (Wildman–Crippen MR) is 91.7 cm³/mol. The summed E-state index contributed by atoms with van der Waals surface area (Å²) in [6, 6.07) is 8.64. The predicted octanol–water partition coefficient (Wildman–Crippen LogP) is 5.62. The molecule has 3 aromatic rings. The molecule has 0 aliphatic heterocycles. The number of hydrogen-bond acceptors (Lipinski definition) is 3. The van der Waals surface area contributed by atoms with Gasteiger partial charge in [-0.3, -0.25) is 4.79 Å². The molecule has 0 saturated heterocycles. The molecule has 0 aliphatic rings. The van der Waals surface area contributed by atoms with E-state index in [0.29, 0.717) is 31.3 Å². The summed E-state index contributed by atoms with van der Waals surface area (Å²) in [5.74, 6) is -0.299. The lowest BCUT2D eigenvalue weighted by Gasteiger charge is -2.09. The number of carbonyl (C=O) groups excluding carboxylic acids is 1. The lowest BCUT2D eigenvalue weighted by molar-refractivity contribution is 0.102. The van der Waals surface area contributed by atoms with Crippen LogP contribution in [0.15, 0.2) is 40.3 Å². The van der Waals surface area contributed by atoms with E-state index in [4.69, 9.17) is 23.2 Å². The van der Waals surface area contributed by atoms with Gasteiger partial charge >= 0.3 is 0 Å². The van der Waals surface area contributed by atoms with Gasteiger partial charge in [-0.2, -0.15) is 0 Å². The van der Waals surface area contributed by atoms with Gasteiger partial charge in [-0.05, 0) is 46.3 Å². The Labute approximate surface area is 143 Å². The minimum atomic E-state index is -0.299. The van der Waals surface area contributed by atoms with Crippen molar-refractivity contribution in [1.29, 1.82) is 0 Å². The van der Waals surface area contributed by atoms with Gasteiger partial charge in [0.25, 0.3) is 5.91 Å². The molecule has 1 amide bonds. The van der Waals surface area contributed by atoms with E-state index in [2.05, 4.69) is 26.2 Å². The molecule has 3 rings (SSSR count). The van der Waals surface area contributed by atoms with Gasteiger partial charge in [0.15, 0.2) is 0 Å². The molecule has 1 N–H and O–H groups in total. The first-order chi connectivity index (χ1) is 10.1. The molecule has 0 radical (unpaired) electrons. The summed E-state index contributed by atoms with van der Waals surface area (Å²) in [4.78, 5) is 16.7. The van der Waals surface area contributed by atoms with E-state index in [9.17, 15) is 4.79 Å². The highest BCUT2D eigenvalue weighted by Crippen LogP contribution is 2.33. The van der Waals surface area contributed by atoms with Crippen LogP contribution in [0.5, 0.6) is 0 Å². The highest BCUT2D eigenvalue weighted by atomic mass is 79.9. The van der Waals surface area contributed by atoms with Crippen LogP contribution in [0, 0.1) is 0 Å². The topological polar surface area (TPSA) is 42.0 Å². The summed E-state index contributed by atoms with van der Waals surface area (Å²) in [6.45, 7) is 0. The number of aromatic nitrogens is 1. The molecule has 0 aliphatic carbocycles. The van der Waals surface area contributed by atoms with Gasteiger partial charge in [-0.15, -0.1) is 11.3 Å². The van der Waals surface area contributed by atoms with Crippen LogP contribution >= 0.6 is 50.5 Å². The molecule has 7 heteroatoms. The van der Waals surface area contributed by atoms with Gasteiger partial charge < -0.3 is 5.32 Å². The molecular formula is C14H7BrCl2N2OS. The zero-order valence-corrected chi connectivity index (χ0v) is 14.3. The van der Waals surface area contributed by atoms with E-state index in [0.717, 1.165) is 4.70 Å². The molecule has 1 aromatic heterocycles. The Morgan fingerprint density at radius 3 is 2.86 bits per heavy atom. The fourth-order valence-corrected chi connectivity index (χ4v) is 3.36. The standard InChI is InChI=1S/C14H7BrCl2N2OS/c15-9-2-1-7(16)5-8(9)14(20)19-12-10(17)3-4-11-13(12)18-6-21-11/h1-6H,(H,19,20). The van der Waals surface area contributed by atoms with Gasteiger partial charge in [0, 0.05) is 9.50 Å². The van der Waals surface area contributed by atoms with Crippen LogP contribution in [0.1, 0.15) is 10.4 Å². The van der Waals surface area contributed by atoms with E-state index in [-0.39, 0.29) is 5.91 Å². The second kappa shape index (κ2) is 5.93. The van der Waals surface area contributed by atoms with Gasteiger partial charge in [-0.1, -0.05) is 23.2 Å². The number of amides is 1. The molecular weight excluding hydrogens is 395 g/mol. The van der Waals surface area contributed by atoms with Crippen LogP contribution in [0.3, 0.4) is 0 Å². The lowest BCUT2D eigenvalue weighted by Crippen LogP contribution is -2.13. The van der Waals surface area contributed by atoms with Crippen molar-refractivity contribution in [2.24, 2.45) is 0 Å². The molecule has 21 heavy (non-hydrogen) atoms. The second-order valence-corrected chi connectivity index (χ2v) is 6.78. The Hall–Kier alpha value is -1.14. The Bertz CT molecular complexity index is 850. The second-order valence-electron chi connectivity index (χ2n) is 4.20. The normalized spacial score (nSPS) is 10.8. The zero-order valence-electron chi connectivity index (χ0n) is 10.4. The van der Waals surface area contributed by atoms with Gasteiger partial charge in [0.05, 0.1) is 26.5 Å². The SMILES string of the molecule is O=C(Nc1c(Cl)ccc2scnc12)c1cc(Cl)ccc1Br. The number of rotatable bonds is 2. The van der Waals surface area contributed by atoms with E-state index in [1.165, 1.54) is 11.3 Å². The number of thiazole rings is 1. The summed E-state index contributed by atoms with van der Waals surface area (Å²) in [5.41, 5.74) is 3.34. The summed E-state index contributed by atoms with van der Waals surface area (Å²) >= 11 is 16.9. The Balaban J connectivity index is 2.02. The maximum atomic E-state index is 12.4. The Morgan fingerprint density at radius 1 is 1.24 bits per heavy atom. The van der Waals surface area contributed by atoms with E-state index < -0.39 is 0 Å². The van der Waals surface area contributed by atoms with Gasteiger partial charge in [0.2, 0.25) is 0 Å². The average molecular weight is 402 g/mol. The largest absolute Gasteiger partial charge is 0.319 e. The zero-order chi connectivity index (χ0) is 15.0. The van der Waals surface area contributed by atoms with E-state index in [1.807, 2.05) is 6.07 Å². The third kappa shape index (κ3) is 2.92. The number of benzene rings is 2. The molecule has 1 heterocycles. The smallest absolute Gasteiger partial charge is 0.256 e. The minimum absolute atomic E-state index is 0.299. The number of nitrogens with zero attached hydrogens (tertiary/aromatic N) is 1. The van der Waals surface area contributed by atoms with Gasteiger partial charge in [-0.25, -0.2) is 4.98 Å². The number of nitrogens with one attached hydrogen (secondary N) is 1. The quantitative estimate of drug-likeness (QED) is 0.605. The third-order valence-corrected chi connectivity index (χ3v) is 4.90. The van der Waals surface area contributed by atoms with Crippen molar-refractivity contribution in [3.63, 3.8) is 0 Å². The fraction of sp³-hybridized carbons (Fsp3) is 0. The molecule has 0 bridgehead atoms. The first kappa shape index (κ1) is 14.8. The van der Waals surface area contributed by atoms with Crippen LogP contribution in [0.2, 0.25) is 10.0 Å². The Morgan fingerprint density at radius 2 is 2.05 bits per heavy atom. The number of fused-ring (bicyclic) bond motifs is 1. The lowest BCUT2D eigenvalue weighted by atomic mass is 10.2. The van der Waals surface area contributed by atoms with Crippen molar-refractivity contribution >= 4 is 72.3 Å². The maximum absolute atomic E-state index is 12.4. The Kier molecular flexibility index (Phi) is 4.17. The van der Waals surface area contributed by atoms with Crippen molar-refractivity contribution in [2.75, 3.05) is 5.32 Å². The van der Waals surface area contributed by atoms with Crippen molar-refractivity contribution in [3.05, 3.63) is 55.9 Å². The molecule has 3 nitrogen and oxygen atoms in total. The highest BCUT2D eigenvalue weighted by Gasteiger charge is 2.15. The monoisotopic (exact) mass is 400 g/mol. The van der Waals surface area contributed by atoms with Crippen LogP contribution in [0.4, 0.5) is 5.69 Å². The number of hydrogen-bond donors (Lipinski definition) is 1. The van der Waals surface area contributed by atoms with Crippen LogP contribution in [-0.2, 0) is 0 Å². The maximum Gasteiger partial charge on any atom is 0.256 e. The number of anilines is 1. The number of halogens is 3. The van der Waals surface area contributed by atoms with Crippen molar-refractivity contribution in [2.45, 2.75) is 0 Å². The first-order valence-corrected chi connectivity index (χ1v) is 8.27. The summed E-state index contributed by atoms with van der Waals surface area (Å²) in [7, 11) is 0. The van der Waals surface area contributed by atoms with E-state index >= 15 is 0 Å².